The van der Waals surface area contributed by atoms with Crippen molar-refractivity contribution in [1.82, 2.24) is 4.57 Å². The average molecular weight is 509 g/mol. The first-order chi connectivity index (χ1) is 23.5. The maximum atomic E-state index is 8.75. The van der Waals surface area contributed by atoms with Crippen LogP contribution in [0.5, 0.6) is 0 Å². The van der Waals surface area contributed by atoms with Gasteiger partial charge in [0.1, 0.15) is 0 Å². The number of rotatable bonds is 5. The number of hydrogen-bond donors (Lipinski definition) is 0. The highest BCUT2D eigenvalue weighted by Gasteiger charge is 2.20. The number of imidazole rings is 1. The molecule has 0 amide bonds. The minimum absolute atomic E-state index is 0.0418. The van der Waals surface area contributed by atoms with E-state index < -0.39 is 36.3 Å². The minimum Gasteiger partial charge on any atom is -0.292 e. The van der Waals surface area contributed by atoms with Crippen molar-refractivity contribution in [2.75, 3.05) is 0 Å². The van der Waals surface area contributed by atoms with Crippen molar-refractivity contribution in [3.8, 4) is 44.8 Å². The number of fused-ring (bicyclic) bond motifs is 1. The average Bonchev–Trinajstić information content (AvgIpc) is 3.52. The van der Waals surface area contributed by atoms with Crippen LogP contribution in [0.15, 0.2) is 157 Å². The molecule has 7 rings (SSSR count). The Hall–Kier alpha value is -5.21. The zero-order valence-corrected chi connectivity index (χ0v) is 20.6. The molecule has 0 aliphatic rings. The second kappa shape index (κ2) is 9.92. The number of aromatic nitrogens is 2. The van der Waals surface area contributed by atoms with E-state index in [1.54, 1.807) is 41.0 Å². The van der Waals surface area contributed by atoms with E-state index in [0.717, 1.165) is 11.2 Å². The zero-order chi connectivity index (χ0) is 34.7. The fourth-order valence-corrected chi connectivity index (χ4v) is 4.90. The molecule has 0 aliphatic heterocycles. The Morgan fingerprint density at radius 2 is 1.08 bits per heavy atom. The van der Waals surface area contributed by atoms with E-state index in [0.29, 0.717) is 33.5 Å². The maximum Gasteiger partial charge on any atom is 0.269 e. The van der Waals surface area contributed by atoms with Crippen molar-refractivity contribution in [2.24, 2.45) is 0 Å². The molecule has 7 aromatic rings. The van der Waals surface area contributed by atoms with E-state index in [1.807, 2.05) is 65.2 Å². The molecule has 0 unspecified atom stereocenters. The van der Waals surface area contributed by atoms with Gasteiger partial charge in [0.15, 0.2) is 0 Å². The highest BCUT2D eigenvalue weighted by molar-refractivity contribution is 5.96. The molecular formula is C37H26N2. The van der Waals surface area contributed by atoms with E-state index >= 15 is 0 Å². The lowest BCUT2D eigenvalue weighted by Crippen LogP contribution is -2.31. The van der Waals surface area contributed by atoms with Crippen LogP contribution in [-0.2, 0) is 0 Å². The molecule has 0 spiro atoms. The summed E-state index contributed by atoms with van der Waals surface area (Å²) in [7, 11) is 0. The van der Waals surface area contributed by atoms with Gasteiger partial charge in [-0.1, -0.05) is 139 Å². The quantitative estimate of drug-likeness (QED) is 0.162. The van der Waals surface area contributed by atoms with E-state index in [2.05, 4.69) is 6.33 Å². The van der Waals surface area contributed by atoms with E-state index in [9.17, 15) is 0 Å². The van der Waals surface area contributed by atoms with Crippen LogP contribution in [0.4, 0.5) is 0 Å². The zero-order valence-electron chi connectivity index (χ0n) is 30.6. The smallest absolute Gasteiger partial charge is 0.269 e. The largest absolute Gasteiger partial charge is 0.292 e. The van der Waals surface area contributed by atoms with Crippen molar-refractivity contribution in [2.45, 2.75) is 0 Å². The van der Waals surface area contributed by atoms with Gasteiger partial charge in [0.2, 0.25) is 0 Å². The predicted molar refractivity (Wildman–Crippen MR) is 160 cm³/mol. The first-order valence-electron chi connectivity index (χ1n) is 17.4. The topological polar surface area (TPSA) is 8.81 Å². The second-order valence-electron chi connectivity index (χ2n) is 8.84. The van der Waals surface area contributed by atoms with Crippen molar-refractivity contribution in [3.63, 3.8) is 0 Å². The Bertz CT molecular complexity index is 2400. The van der Waals surface area contributed by atoms with Crippen molar-refractivity contribution in [3.05, 3.63) is 164 Å². The molecule has 1 aromatic heterocycles. The lowest BCUT2D eigenvalue weighted by molar-refractivity contribution is -0.571. The summed E-state index contributed by atoms with van der Waals surface area (Å²) in [5, 5.41) is 0. The van der Waals surface area contributed by atoms with Crippen LogP contribution >= 0.6 is 0 Å². The Balaban J connectivity index is 1.60. The van der Waals surface area contributed by atoms with Crippen LogP contribution in [-0.4, -0.2) is 4.57 Å². The summed E-state index contributed by atoms with van der Waals surface area (Å²) in [6.07, 6.45) is 3.45. The molecular weight excluding hydrogens is 472 g/mol. The van der Waals surface area contributed by atoms with Gasteiger partial charge in [-0.25, -0.2) is 0 Å². The molecule has 2 nitrogen and oxygen atoms in total. The number of hydrogen-bond acceptors (Lipinski definition) is 0. The van der Waals surface area contributed by atoms with Crippen LogP contribution in [0.2, 0.25) is 0 Å². The first kappa shape index (κ1) is 14.7. The van der Waals surface area contributed by atoms with E-state index in [4.69, 9.17) is 13.7 Å². The molecule has 0 atom stereocenters. The molecule has 0 saturated carbocycles. The molecule has 0 saturated heterocycles. The van der Waals surface area contributed by atoms with Crippen LogP contribution in [0.3, 0.4) is 0 Å². The molecule has 0 bridgehead atoms. The number of benzene rings is 6. The van der Waals surface area contributed by atoms with Crippen LogP contribution in [0, 0.1) is 6.33 Å². The summed E-state index contributed by atoms with van der Waals surface area (Å²) >= 11 is 0. The third-order valence-corrected chi connectivity index (χ3v) is 6.59. The first-order valence-corrected chi connectivity index (χ1v) is 12.4. The predicted octanol–water partition coefficient (Wildman–Crippen LogP) is 8.71. The van der Waals surface area contributed by atoms with Crippen molar-refractivity contribution < 1.29 is 18.3 Å². The number of para-hydroxylation sites is 3. The summed E-state index contributed by atoms with van der Waals surface area (Å²) in [6.45, 7) is 0. The molecule has 6 aromatic carbocycles. The van der Waals surface area contributed by atoms with Gasteiger partial charge in [-0.2, -0.15) is 0 Å². The Labute approximate surface area is 242 Å². The summed E-state index contributed by atoms with van der Waals surface area (Å²) in [5.74, 6) is 0. The summed E-state index contributed by atoms with van der Waals surface area (Å²) < 4.78 is 88.2. The Kier molecular flexibility index (Phi) is 3.73. The van der Waals surface area contributed by atoms with Crippen molar-refractivity contribution in [1.29, 1.82) is 0 Å². The molecule has 1 heterocycles. The fourth-order valence-electron chi connectivity index (χ4n) is 4.90. The van der Waals surface area contributed by atoms with Gasteiger partial charge in [-0.05, 0) is 51.6 Å². The van der Waals surface area contributed by atoms with Gasteiger partial charge < -0.3 is 0 Å². The highest BCUT2D eigenvalue weighted by Crippen LogP contribution is 2.36. The van der Waals surface area contributed by atoms with E-state index in [-0.39, 0.29) is 35.3 Å². The van der Waals surface area contributed by atoms with Crippen molar-refractivity contribution >= 4 is 11.0 Å². The van der Waals surface area contributed by atoms with Crippen LogP contribution in [0.25, 0.3) is 55.8 Å². The summed E-state index contributed by atoms with van der Waals surface area (Å²) in [4.78, 5) is 0. The summed E-state index contributed by atoms with van der Waals surface area (Å²) in [5.41, 5.74) is 4.82. The van der Waals surface area contributed by atoms with Gasteiger partial charge >= 0.3 is 0 Å². The standard InChI is InChI=1S/C37H26N2/c1-4-15-28(16-5-1)31-21-10-11-23-33(31)34-24-14-26-36-37(34)39(27-38(36)30-19-8-3-9-20-30)35-25-13-12-22-32(35)29-17-6-2-7-18-29/h1-26H/i1D,2D,4D,5D,6D,7D,15D,16D,17D,18D. The fraction of sp³-hybridized carbons (Fsp3) is 0. The maximum absolute atomic E-state index is 8.75. The van der Waals surface area contributed by atoms with Gasteiger partial charge in [0, 0.05) is 0 Å². The molecule has 0 fully saturated rings. The van der Waals surface area contributed by atoms with Gasteiger partial charge in [0.05, 0.1) is 36.1 Å². The monoisotopic (exact) mass is 508 g/mol. The normalized spacial score (nSPS) is 14.7. The molecule has 0 aliphatic carbocycles. The third kappa shape index (κ3) is 4.13. The Morgan fingerprint density at radius 1 is 0.513 bits per heavy atom. The molecule has 0 N–H and O–H groups in total. The lowest BCUT2D eigenvalue weighted by Gasteiger charge is -2.15. The molecule has 184 valence electrons. The van der Waals surface area contributed by atoms with Crippen LogP contribution < -0.4 is 4.57 Å². The lowest BCUT2D eigenvalue weighted by atomic mass is 9.93. The second-order valence-corrected chi connectivity index (χ2v) is 8.84. The van der Waals surface area contributed by atoms with Gasteiger partial charge in [0.25, 0.3) is 6.33 Å². The highest BCUT2D eigenvalue weighted by atomic mass is 15.1. The molecule has 39 heavy (non-hydrogen) atoms. The third-order valence-electron chi connectivity index (χ3n) is 6.59. The molecule has 2 heteroatoms. The summed E-state index contributed by atoms with van der Waals surface area (Å²) in [6, 6.07) is 25.3. The van der Waals surface area contributed by atoms with Gasteiger partial charge in [-0.15, -0.1) is 0 Å². The Morgan fingerprint density at radius 3 is 1.79 bits per heavy atom. The SMILES string of the molecule is [2H]c1c([2H])c([2H])c(-c2ccccc2-c2cccc3c2[n+](-c2ccccc2-c2c([2H])c([2H])c([2H])c([2H])c2[2H])[c-]n3-c2ccccc2)c([2H])c1[2H]. The number of nitrogens with zero attached hydrogens (tertiary/aromatic N) is 2. The van der Waals surface area contributed by atoms with Crippen LogP contribution in [0.1, 0.15) is 13.7 Å². The minimum atomic E-state index is -0.484. The molecule has 0 radical (unpaired) electrons. The van der Waals surface area contributed by atoms with E-state index in [1.165, 1.54) is 0 Å². The van der Waals surface area contributed by atoms with Gasteiger partial charge in [-0.3, -0.25) is 9.13 Å².